The number of hydrogen-bond acceptors (Lipinski definition) is 8. The molecule has 8 nitrogen and oxygen atoms in total. The predicted molar refractivity (Wildman–Crippen MR) is 118 cm³/mol. The van der Waals surface area contributed by atoms with Crippen LogP contribution in [-0.4, -0.2) is 39.0 Å². The number of anilines is 1. The lowest BCUT2D eigenvalue weighted by Crippen LogP contribution is -2.17. The van der Waals surface area contributed by atoms with E-state index in [1.54, 1.807) is 23.6 Å². The zero-order valence-electron chi connectivity index (χ0n) is 16.4. The number of rotatable bonds is 7. The van der Waals surface area contributed by atoms with E-state index < -0.39 is 0 Å². The second kappa shape index (κ2) is 8.94. The Balaban J connectivity index is 1.44. The first-order chi connectivity index (χ1) is 14.5. The van der Waals surface area contributed by atoms with E-state index in [1.807, 2.05) is 7.05 Å². The predicted octanol–water partition coefficient (Wildman–Crippen LogP) is 4.30. The maximum atomic E-state index is 12.6. The molecule has 4 rings (SSSR count). The molecule has 1 amide bonds. The van der Waals surface area contributed by atoms with Crippen molar-refractivity contribution in [3.8, 4) is 11.6 Å². The summed E-state index contributed by atoms with van der Waals surface area (Å²) in [5.41, 5.74) is 1.53. The number of aromatic nitrogens is 3. The van der Waals surface area contributed by atoms with E-state index in [0.717, 1.165) is 29.7 Å². The van der Waals surface area contributed by atoms with Crippen LogP contribution in [0.15, 0.2) is 26.4 Å². The van der Waals surface area contributed by atoms with Gasteiger partial charge < -0.3 is 19.0 Å². The number of nitrogens with one attached hydrogen (secondary N) is 1. The number of thiophene rings is 1. The first-order valence-corrected chi connectivity index (χ1v) is 12.0. The van der Waals surface area contributed by atoms with Gasteiger partial charge in [0.05, 0.1) is 17.9 Å². The molecule has 1 aliphatic rings. The lowest BCUT2D eigenvalue weighted by molar-refractivity contribution is -0.113. The third-order valence-electron chi connectivity index (χ3n) is 4.61. The van der Waals surface area contributed by atoms with Crippen molar-refractivity contribution < 1.29 is 18.7 Å². The monoisotopic (exact) mass is 510 g/mol. The highest BCUT2D eigenvalue weighted by Gasteiger charge is 2.28. The van der Waals surface area contributed by atoms with E-state index in [-0.39, 0.29) is 17.6 Å². The molecule has 0 aliphatic heterocycles. The Morgan fingerprint density at radius 2 is 2.20 bits per heavy atom. The molecule has 0 atom stereocenters. The first kappa shape index (κ1) is 21.1. The van der Waals surface area contributed by atoms with Gasteiger partial charge in [0.25, 0.3) is 0 Å². The summed E-state index contributed by atoms with van der Waals surface area (Å²) in [7, 11) is 1.81. The molecule has 0 spiro atoms. The number of ether oxygens (including phenoxy) is 1. The van der Waals surface area contributed by atoms with Crippen LogP contribution in [0.2, 0.25) is 0 Å². The third-order valence-corrected chi connectivity index (χ3v) is 7.27. The van der Waals surface area contributed by atoms with E-state index >= 15 is 0 Å². The molecule has 3 aromatic heterocycles. The Kier molecular flexibility index (Phi) is 6.30. The molecule has 1 N–H and O–H groups in total. The Bertz CT molecular complexity index is 1100. The number of furan rings is 1. The number of amides is 1. The highest BCUT2D eigenvalue weighted by Crippen LogP contribution is 2.39. The maximum absolute atomic E-state index is 12.6. The van der Waals surface area contributed by atoms with Crippen LogP contribution in [0.3, 0.4) is 0 Å². The van der Waals surface area contributed by atoms with Crippen molar-refractivity contribution in [3.05, 3.63) is 32.8 Å². The number of esters is 1. The summed E-state index contributed by atoms with van der Waals surface area (Å²) in [5, 5.41) is 12.3. The fraction of sp³-hybridized carbons (Fsp3) is 0.368. The molecular formula is C19H19BrN4O4S2. The van der Waals surface area contributed by atoms with Crippen molar-refractivity contribution in [1.82, 2.24) is 14.8 Å². The average molecular weight is 511 g/mol. The number of fused-ring (bicyclic) bond motifs is 1. The molecule has 0 radical (unpaired) electrons. The number of aryl methyl sites for hydroxylation is 1. The Hall–Kier alpha value is -2.11. The van der Waals surface area contributed by atoms with Gasteiger partial charge in [-0.15, -0.1) is 21.5 Å². The van der Waals surface area contributed by atoms with Crippen LogP contribution < -0.4 is 5.32 Å². The molecule has 1 aliphatic carbocycles. The van der Waals surface area contributed by atoms with Gasteiger partial charge in [0, 0.05) is 11.9 Å². The topological polar surface area (TPSA) is 99.2 Å². The molecule has 3 aromatic rings. The van der Waals surface area contributed by atoms with Gasteiger partial charge in [-0.3, -0.25) is 4.79 Å². The normalized spacial score (nSPS) is 12.8. The van der Waals surface area contributed by atoms with E-state index in [1.165, 1.54) is 23.1 Å². The maximum Gasteiger partial charge on any atom is 0.341 e. The van der Waals surface area contributed by atoms with Crippen LogP contribution in [0.5, 0.6) is 0 Å². The fourth-order valence-electron chi connectivity index (χ4n) is 3.29. The van der Waals surface area contributed by atoms with Crippen molar-refractivity contribution in [2.45, 2.75) is 31.3 Å². The fourth-order valence-corrected chi connectivity index (χ4v) is 5.61. The number of carbonyl (C=O) groups is 2. The largest absolute Gasteiger partial charge is 0.462 e. The molecule has 0 aromatic carbocycles. The molecule has 0 fully saturated rings. The molecule has 30 heavy (non-hydrogen) atoms. The van der Waals surface area contributed by atoms with Gasteiger partial charge >= 0.3 is 5.97 Å². The van der Waals surface area contributed by atoms with Crippen LogP contribution in [-0.2, 0) is 29.4 Å². The SMILES string of the molecule is CCOC(=O)c1c(NC(=O)CSc2nnc(-c3ccc(Br)o3)n2C)sc2c1CCC2. The Morgan fingerprint density at radius 3 is 2.93 bits per heavy atom. The quantitative estimate of drug-likeness (QED) is 0.373. The molecular weight excluding hydrogens is 492 g/mol. The summed E-state index contributed by atoms with van der Waals surface area (Å²) in [6.45, 7) is 2.07. The molecule has 158 valence electrons. The third kappa shape index (κ3) is 4.19. The Morgan fingerprint density at radius 1 is 1.37 bits per heavy atom. The first-order valence-electron chi connectivity index (χ1n) is 9.37. The zero-order valence-corrected chi connectivity index (χ0v) is 19.6. The molecule has 3 heterocycles. The van der Waals surface area contributed by atoms with E-state index in [0.29, 0.717) is 38.6 Å². The van der Waals surface area contributed by atoms with E-state index in [4.69, 9.17) is 9.15 Å². The van der Waals surface area contributed by atoms with Crippen LogP contribution in [0.4, 0.5) is 5.00 Å². The van der Waals surface area contributed by atoms with Crippen LogP contribution in [0.1, 0.15) is 34.1 Å². The molecule has 0 bridgehead atoms. The smallest absolute Gasteiger partial charge is 0.341 e. The van der Waals surface area contributed by atoms with Crippen molar-refractivity contribution in [3.63, 3.8) is 0 Å². The summed E-state index contributed by atoms with van der Waals surface area (Å²) in [6.07, 6.45) is 2.80. The number of halogens is 1. The molecule has 0 saturated heterocycles. The van der Waals surface area contributed by atoms with Gasteiger partial charge in [-0.2, -0.15) is 0 Å². The van der Waals surface area contributed by atoms with Gasteiger partial charge in [0.15, 0.2) is 21.4 Å². The van der Waals surface area contributed by atoms with Crippen molar-refractivity contribution in [1.29, 1.82) is 0 Å². The average Bonchev–Trinajstić information content (AvgIpc) is 3.45. The van der Waals surface area contributed by atoms with E-state index in [2.05, 4.69) is 31.4 Å². The van der Waals surface area contributed by atoms with Gasteiger partial charge in [0.2, 0.25) is 5.91 Å². The highest BCUT2D eigenvalue weighted by atomic mass is 79.9. The van der Waals surface area contributed by atoms with Crippen molar-refractivity contribution in [2.24, 2.45) is 7.05 Å². The number of hydrogen-bond donors (Lipinski definition) is 1. The van der Waals surface area contributed by atoms with Crippen LogP contribution in [0.25, 0.3) is 11.6 Å². The summed E-state index contributed by atoms with van der Waals surface area (Å²) in [4.78, 5) is 26.2. The lowest BCUT2D eigenvalue weighted by atomic mass is 10.1. The zero-order chi connectivity index (χ0) is 21.3. The number of carbonyl (C=O) groups excluding carboxylic acids is 2. The van der Waals surface area contributed by atoms with Crippen LogP contribution in [0, 0.1) is 0 Å². The number of thioether (sulfide) groups is 1. The van der Waals surface area contributed by atoms with Gasteiger partial charge in [-0.1, -0.05) is 11.8 Å². The van der Waals surface area contributed by atoms with Crippen molar-refractivity contribution >= 4 is 55.9 Å². The summed E-state index contributed by atoms with van der Waals surface area (Å²) in [6, 6.07) is 3.58. The van der Waals surface area contributed by atoms with Gasteiger partial charge in [0.1, 0.15) is 5.00 Å². The van der Waals surface area contributed by atoms with E-state index in [9.17, 15) is 9.59 Å². The summed E-state index contributed by atoms with van der Waals surface area (Å²) < 4.78 is 13.1. The molecule has 11 heteroatoms. The minimum absolute atomic E-state index is 0.138. The minimum atomic E-state index is -0.373. The summed E-state index contributed by atoms with van der Waals surface area (Å²) >= 11 is 6.00. The standard InChI is InChI=1S/C19H19BrN4O4S2/c1-3-27-18(26)15-10-5-4-6-12(10)30-17(15)21-14(25)9-29-19-23-22-16(24(19)2)11-7-8-13(20)28-11/h7-8H,3-6,9H2,1-2H3,(H,21,25). The van der Waals surface area contributed by atoms with Crippen molar-refractivity contribution in [2.75, 3.05) is 17.7 Å². The van der Waals surface area contributed by atoms with Gasteiger partial charge in [-0.25, -0.2) is 4.79 Å². The second-order valence-corrected chi connectivity index (χ2v) is 9.42. The molecule has 0 saturated carbocycles. The molecule has 0 unspecified atom stereocenters. The summed E-state index contributed by atoms with van der Waals surface area (Å²) in [5.74, 6) is 0.708. The minimum Gasteiger partial charge on any atom is -0.462 e. The second-order valence-electron chi connectivity index (χ2n) is 6.59. The highest BCUT2D eigenvalue weighted by molar-refractivity contribution is 9.10. The number of nitrogens with zero attached hydrogens (tertiary/aromatic N) is 3. The Labute approximate surface area is 189 Å². The van der Waals surface area contributed by atoms with Gasteiger partial charge in [-0.05, 0) is 59.8 Å². The van der Waals surface area contributed by atoms with Crippen LogP contribution >= 0.6 is 39.0 Å². The lowest BCUT2D eigenvalue weighted by Gasteiger charge is -2.08.